The molecule has 0 aliphatic carbocycles. The van der Waals surface area contributed by atoms with Crippen molar-refractivity contribution in [3.63, 3.8) is 0 Å². The standard InChI is InChI=1S/C17H28N4O2S.HI/c1-15-6-4-5-7-16(15)14-20(3)17(18-2)19-8-9-21-10-12-24(22,23)13-11-21;/h4-7H,8-14H2,1-3H3,(H,18,19);1H. The zero-order valence-electron chi connectivity index (χ0n) is 15.2. The van der Waals surface area contributed by atoms with E-state index in [0.717, 1.165) is 25.6 Å². The van der Waals surface area contributed by atoms with Crippen LogP contribution in [0.5, 0.6) is 0 Å². The minimum Gasteiger partial charge on any atom is -0.355 e. The predicted molar refractivity (Wildman–Crippen MR) is 115 cm³/mol. The zero-order chi connectivity index (χ0) is 17.6. The first-order valence-corrected chi connectivity index (χ1v) is 10.1. The Balaban J connectivity index is 0.00000312. The highest BCUT2D eigenvalue weighted by Gasteiger charge is 2.21. The maximum atomic E-state index is 11.4. The fraction of sp³-hybridized carbons (Fsp3) is 0.588. The average molecular weight is 480 g/mol. The van der Waals surface area contributed by atoms with Crippen molar-refractivity contribution in [3.05, 3.63) is 35.4 Å². The van der Waals surface area contributed by atoms with Crippen LogP contribution in [0.2, 0.25) is 0 Å². The van der Waals surface area contributed by atoms with Gasteiger partial charge in [0, 0.05) is 46.8 Å². The third-order valence-electron chi connectivity index (χ3n) is 4.39. The molecule has 0 atom stereocenters. The first-order chi connectivity index (χ1) is 11.4. The van der Waals surface area contributed by atoms with E-state index in [0.29, 0.717) is 13.1 Å². The van der Waals surface area contributed by atoms with Crippen LogP contribution in [-0.4, -0.2) is 76.0 Å². The van der Waals surface area contributed by atoms with Crippen LogP contribution in [0.4, 0.5) is 0 Å². The molecule has 0 amide bonds. The summed E-state index contributed by atoms with van der Waals surface area (Å²) in [6.45, 7) is 5.75. The quantitative estimate of drug-likeness (QED) is 0.392. The number of hydrogen-bond acceptors (Lipinski definition) is 4. The molecular formula is C17H29IN4O2S. The molecule has 1 aliphatic rings. The highest BCUT2D eigenvalue weighted by molar-refractivity contribution is 14.0. The first kappa shape index (κ1) is 22.2. The topological polar surface area (TPSA) is 65.0 Å². The van der Waals surface area contributed by atoms with Crippen molar-refractivity contribution >= 4 is 39.8 Å². The molecule has 1 saturated heterocycles. The zero-order valence-corrected chi connectivity index (χ0v) is 18.4. The third-order valence-corrected chi connectivity index (χ3v) is 6.00. The number of sulfone groups is 1. The number of nitrogens with zero attached hydrogens (tertiary/aromatic N) is 3. The summed E-state index contributed by atoms with van der Waals surface area (Å²) in [5.74, 6) is 1.40. The average Bonchev–Trinajstić information content (AvgIpc) is 2.55. The molecule has 1 fully saturated rings. The molecule has 1 aromatic carbocycles. The lowest BCUT2D eigenvalue weighted by atomic mass is 10.1. The molecule has 1 heterocycles. The fourth-order valence-corrected chi connectivity index (χ4v) is 4.08. The van der Waals surface area contributed by atoms with Gasteiger partial charge in [0.2, 0.25) is 0 Å². The summed E-state index contributed by atoms with van der Waals surface area (Å²) in [5, 5.41) is 3.36. The van der Waals surface area contributed by atoms with Crippen LogP contribution in [0.1, 0.15) is 11.1 Å². The van der Waals surface area contributed by atoms with Crippen molar-refractivity contribution in [3.8, 4) is 0 Å². The summed E-state index contributed by atoms with van der Waals surface area (Å²) >= 11 is 0. The second-order valence-corrected chi connectivity index (χ2v) is 8.55. The number of hydrogen-bond donors (Lipinski definition) is 1. The van der Waals surface area contributed by atoms with Gasteiger partial charge in [0.25, 0.3) is 0 Å². The maximum Gasteiger partial charge on any atom is 0.193 e. The molecular weight excluding hydrogens is 451 g/mol. The Hall–Kier alpha value is -0.870. The second-order valence-electron chi connectivity index (χ2n) is 6.25. The van der Waals surface area contributed by atoms with E-state index < -0.39 is 9.84 Å². The van der Waals surface area contributed by atoms with Crippen LogP contribution >= 0.6 is 24.0 Å². The summed E-state index contributed by atoms with van der Waals surface area (Å²) in [6, 6.07) is 8.35. The highest BCUT2D eigenvalue weighted by atomic mass is 127. The monoisotopic (exact) mass is 480 g/mol. The molecule has 142 valence electrons. The summed E-state index contributed by atoms with van der Waals surface area (Å²) in [4.78, 5) is 8.62. The Kier molecular flexibility index (Phi) is 9.15. The predicted octanol–water partition coefficient (Wildman–Crippen LogP) is 1.35. The molecule has 1 aliphatic heterocycles. The largest absolute Gasteiger partial charge is 0.355 e. The number of guanidine groups is 1. The van der Waals surface area contributed by atoms with Gasteiger partial charge < -0.3 is 10.2 Å². The molecule has 8 heteroatoms. The molecule has 0 radical (unpaired) electrons. The van der Waals surface area contributed by atoms with E-state index in [9.17, 15) is 8.42 Å². The van der Waals surface area contributed by atoms with E-state index >= 15 is 0 Å². The van der Waals surface area contributed by atoms with Gasteiger partial charge in [-0.25, -0.2) is 8.42 Å². The molecule has 0 aromatic heterocycles. The number of nitrogens with one attached hydrogen (secondary N) is 1. The number of aliphatic imine (C=N–C) groups is 1. The lowest BCUT2D eigenvalue weighted by Gasteiger charge is -2.28. The number of rotatable bonds is 5. The van der Waals surface area contributed by atoms with E-state index in [1.807, 2.05) is 13.1 Å². The van der Waals surface area contributed by atoms with E-state index in [1.54, 1.807) is 7.05 Å². The van der Waals surface area contributed by atoms with Crippen molar-refractivity contribution in [2.45, 2.75) is 13.5 Å². The lowest BCUT2D eigenvalue weighted by molar-refractivity contribution is 0.298. The van der Waals surface area contributed by atoms with Gasteiger partial charge in [0.05, 0.1) is 11.5 Å². The van der Waals surface area contributed by atoms with Gasteiger partial charge in [-0.15, -0.1) is 24.0 Å². The molecule has 2 rings (SSSR count). The van der Waals surface area contributed by atoms with Gasteiger partial charge >= 0.3 is 0 Å². The van der Waals surface area contributed by atoms with Crippen LogP contribution < -0.4 is 5.32 Å². The van der Waals surface area contributed by atoms with Gasteiger partial charge in [-0.1, -0.05) is 24.3 Å². The second kappa shape index (κ2) is 10.3. The number of halogens is 1. The Morgan fingerprint density at radius 1 is 1.28 bits per heavy atom. The number of aryl methyl sites for hydroxylation is 1. The smallest absolute Gasteiger partial charge is 0.193 e. The van der Waals surface area contributed by atoms with Crippen molar-refractivity contribution < 1.29 is 8.42 Å². The van der Waals surface area contributed by atoms with E-state index in [4.69, 9.17) is 0 Å². The van der Waals surface area contributed by atoms with Crippen LogP contribution in [-0.2, 0) is 16.4 Å². The molecule has 1 aromatic rings. The maximum absolute atomic E-state index is 11.4. The normalized spacial score (nSPS) is 17.6. The summed E-state index contributed by atoms with van der Waals surface area (Å²) in [6.07, 6.45) is 0. The minimum absolute atomic E-state index is 0. The molecule has 0 saturated carbocycles. The minimum atomic E-state index is -2.81. The van der Waals surface area contributed by atoms with Gasteiger partial charge in [-0.2, -0.15) is 0 Å². The van der Waals surface area contributed by atoms with Crippen molar-refractivity contribution in [1.29, 1.82) is 0 Å². The van der Waals surface area contributed by atoms with Crippen LogP contribution in [0.25, 0.3) is 0 Å². The molecule has 0 spiro atoms. The molecule has 0 bridgehead atoms. The first-order valence-electron chi connectivity index (χ1n) is 8.30. The molecule has 1 N–H and O–H groups in total. The lowest BCUT2D eigenvalue weighted by Crippen LogP contribution is -2.46. The van der Waals surface area contributed by atoms with Crippen LogP contribution in [0, 0.1) is 6.92 Å². The van der Waals surface area contributed by atoms with Crippen molar-refractivity contribution in [2.75, 3.05) is 51.8 Å². The molecule has 0 unspecified atom stereocenters. The van der Waals surface area contributed by atoms with Crippen molar-refractivity contribution in [2.24, 2.45) is 4.99 Å². The fourth-order valence-electron chi connectivity index (χ4n) is 2.80. The van der Waals surface area contributed by atoms with E-state index in [2.05, 4.69) is 45.2 Å². The third kappa shape index (κ3) is 7.10. The number of benzene rings is 1. The molecule has 6 nitrogen and oxygen atoms in total. The van der Waals surface area contributed by atoms with Crippen LogP contribution in [0.15, 0.2) is 29.3 Å². The van der Waals surface area contributed by atoms with E-state index in [1.165, 1.54) is 11.1 Å². The highest BCUT2D eigenvalue weighted by Crippen LogP contribution is 2.09. The van der Waals surface area contributed by atoms with Gasteiger partial charge in [-0.3, -0.25) is 9.89 Å². The SMILES string of the molecule is CN=C(NCCN1CCS(=O)(=O)CC1)N(C)Cc1ccccc1C.I. The molecule has 25 heavy (non-hydrogen) atoms. The Morgan fingerprint density at radius 3 is 2.52 bits per heavy atom. The van der Waals surface area contributed by atoms with Gasteiger partial charge in [0.15, 0.2) is 15.8 Å². The van der Waals surface area contributed by atoms with Gasteiger partial charge in [0.1, 0.15) is 0 Å². The Morgan fingerprint density at radius 2 is 1.92 bits per heavy atom. The Labute approximate surface area is 168 Å². The van der Waals surface area contributed by atoms with Gasteiger partial charge in [-0.05, 0) is 18.1 Å². The van der Waals surface area contributed by atoms with E-state index in [-0.39, 0.29) is 35.5 Å². The van der Waals surface area contributed by atoms with Crippen molar-refractivity contribution in [1.82, 2.24) is 15.1 Å². The summed E-state index contributed by atoms with van der Waals surface area (Å²) in [7, 11) is 0.997. The Bertz CT molecular complexity index is 665. The van der Waals surface area contributed by atoms with Crippen LogP contribution in [0.3, 0.4) is 0 Å². The summed E-state index contributed by atoms with van der Waals surface area (Å²) in [5.41, 5.74) is 2.55. The summed E-state index contributed by atoms with van der Waals surface area (Å²) < 4.78 is 22.9.